The molecule has 0 spiro atoms. The molecule has 1 atom stereocenters. The first-order valence-corrected chi connectivity index (χ1v) is 13.6. The molecule has 0 bridgehead atoms. The van der Waals surface area contributed by atoms with Crippen molar-refractivity contribution in [1.82, 2.24) is 10.2 Å². The quantitative estimate of drug-likeness (QED) is 0.469. The summed E-state index contributed by atoms with van der Waals surface area (Å²) in [7, 11) is -3.83. The highest BCUT2D eigenvalue weighted by Crippen LogP contribution is 2.29. The first-order chi connectivity index (χ1) is 16.0. The van der Waals surface area contributed by atoms with Gasteiger partial charge in [-0.2, -0.15) is 0 Å². The van der Waals surface area contributed by atoms with Crippen LogP contribution in [0.1, 0.15) is 37.8 Å². The molecule has 0 aliphatic carbocycles. The van der Waals surface area contributed by atoms with E-state index >= 15 is 0 Å². The molecule has 0 saturated heterocycles. The lowest BCUT2D eigenvalue weighted by Crippen LogP contribution is -2.52. The van der Waals surface area contributed by atoms with Crippen LogP contribution in [-0.2, 0) is 26.2 Å². The highest BCUT2D eigenvalue weighted by Gasteiger charge is 2.32. The summed E-state index contributed by atoms with van der Waals surface area (Å²) >= 11 is 12.5. The molecule has 34 heavy (non-hydrogen) atoms. The number of carbonyl (C=O) groups is 2. The fourth-order valence-electron chi connectivity index (χ4n) is 3.56. The van der Waals surface area contributed by atoms with Crippen LogP contribution < -0.4 is 9.62 Å². The maximum Gasteiger partial charge on any atom is 0.244 e. The third-order valence-electron chi connectivity index (χ3n) is 5.42. The van der Waals surface area contributed by atoms with Crippen LogP contribution in [-0.4, -0.2) is 50.5 Å². The summed E-state index contributed by atoms with van der Waals surface area (Å²) < 4.78 is 26.4. The van der Waals surface area contributed by atoms with Crippen LogP contribution in [0.4, 0.5) is 5.69 Å². The Bertz CT molecular complexity index is 1120. The lowest BCUT2D eigenvalue weighted by Gasteiger charge is -2.33. The number of halogens is 2. The summed E-state index contributed by atoms with van der Waals surface area (Å²) in [5.74, 6) is -0.821. The van der Waals surface area contributed by atoms with Crippen molar-refractivity contribution in [3.63, 3.8) is 0 Å². The molecule has 0 fully saturated rings. The number of anilines is 1. The molecular formula is C24H31Cl2N3O4S. The van der Waals surface area contributed by atoms with Gasteiger partial charge in [0, 0.05) is 23.1 Å². The maximum absolute atomic E-state index is 13.6. The Labute approximate surface area is 212 Å². The molecular weight excluding hydrogens is 497 g/mol. The van der Waals surface area contributed by atoms with Crippen molar-refractivity contribution in [3.05, 3.63) is 63.6 Å². The lowest BCUT2D eigenvalue weighted by molar-refractivity contribution is -0.140. The van der Waals surface area contributed by atoms with E-state index in [0.717, 1.165) is 17.0 Å². The van der Waals surface area contributed by atoms with E-state index in [4.69, 9.17) is 23.2 Å². The van der Waals surface area contributed by atoms with Crippen LogP contribution in [0.5, 0.6) is 0 Å². The predicted octanol–water partition coefficient (Wildman–Crippen LogP) is 4.40. The van der Waals surface area contributed by atoms with Gasteiger partial charge in [-0.05, 0) is 49.1 Å². The highest BCUT2D eigenvalue weighted by molar-refractivity contribution is 7.92. The first-order valence-electron chi connectivity index (χ1n) is 11.0. The van der Waals surface area contributed by atoms with Crippen LogP contribution in [0.3, 0.4) is 0 Å². The van der Waals surface area contributed by atoms with E-state index in [0.29, 0.717) is 39.8 Å². The molecule has 2 rings (SSSR count). The standard InChI is InChI=1S/C24H31Cl2N3O4S/c1-5-14-27-24(31)21(6-2)28(15-18-10-7-8-11-20(18)26)23(30)16-29(34(4,32)33)22-13-9-12-19(25)17(22)3/h7-13,21H,5-6,14-16H2,1-4H3,(H,27,31). The molecule has 1 N–H and O–H groups in total. The van der Waals surface area contributed by atoms with Gasteiger partial charge in [0.1, 0.15) is 12.6 Å². The van der Waals surface area contributed by atoms with Gasteiger partial charge in [0.15, 0.2) is 0 Å². The molecule has 0 heterocycles. The van der Waals surface area contributed by atoms with Crippen LogP contribution in [0.2, 0.25) is 10.0 Å². The Morgan fingerprint density at radius 3 is 2.26 bits per heavy atom. The average Bonchev–Trinajstić information content (AvgIpc) is 2.78. The van der Waals surface area contributed by atoms with Crippen molar-refractivity contribution < 1.29 is 18.0 Å². The SMILES string of the molecule is CCCNC(=O)C(CC)N(Cc1ccccc1Cl)C(=O)CN(c1cccc(Cl)c1C)S(C)(=O)=O. The van der Waals surface area contributed by atoms with Gasteiger partial charge >= 0.3 is 0 Å². The Hall–Kier alpha value is -2.29. The number of benzene rings is 2. The van der Waals surface area contributed by atoms with Crippen molar-refractivity contribution >= 4 is 50.7 Å². The smallest absolute Gasteiger partial charge is 0.244 e. The molecule has 186 valence electrons. The second-order valence-corrected chi connectivity index (χ2v) is 10.7. The zero-order chi connectivity index (χ0) is 25.5. The van der Waals surface area contributed by atoms with Crippen molar-refractivity contribution in [2.24, 2.45) is 0 Å². The third-order valence-corrected chi connectivity index (χ3v) is 7.33. The molecule has 1 unspecified atom stereocenters. The molecule has 2 aromatic rings. The lowest BCUT2D eigenvalue weighted by atomic mass is 10.1. The van der Waals surface area contributed by atoms with E-state index in [1.165, 1.54) is 4.90 Å². The summed E-state index contributed by atoms with van der Waals surface area (Å²) in [6.45, 7) is 5.48. The molecule has 0 aromatic heterocycles. The maximum atomic E-state index is 13.6. The van der Waals surface area contributed by atoms with Crippen molar-refractivity contribution in [3.8, 4) is 0 Å². The molecule has 0 radical (unpaired) electrons. The normalized spacial score (nSPS) is 12.2. The number of amides is 2. The van der Waals surface area contributed by atoms with Crippen LogP contribution in [0, 0.1) is 6.92 Å². The van der Waals surface area contributed by atoms with Gasteiger partial charge in [-0.15, -0.1) is 0 Å². The molecule has 2 aromatic carbocycles. The van der Waals surface area contributed by atoms with E-state index in [1.54, 1.807) is 56.3 Å². The zero-order valence-corrected chi connectivity index (χ0v) is 22.2. The molecule has 2 amide bonds. The number of sulfonamides is 1. The van der Waals surface area contributed by atoms with E-state index in [2.05, 4.69) is 5.32 Å². The topological polar surface area (TPSA) is 86.8 Å². The third kappa shape index (κ3) is 7.10. The summed E-state index contributed by atoms with van der Waals surface area (Å²) in [4.78, 5) is 27.9. The van der Waals surface area contributed by atoms with Gasteiger partial charge in [0.25, 0.3) is 0 Å². The molecule has 0 saturated carbocycles. The monoisotopic (exact) mass is 527 g/mol. The van der Waals surface area contributed by atoms with Gasteiger partial charge in [-0.1, -0.05) is 61.3 Å². The van der Waals surface area contributed by atoms with Gasteiger partial charge in [0.2, 0.25) is 21.8 Å². The van der Waals surface area contributed by atoms with Crippen molar-refractivity contribution in [2.75, 3.05) is 23.7 Å². The van der Waals surface area contributed by atoms with Crippen molar-refractivity contribution in [1.29, 1.82) is 0 Å². The predicted molar refractivity (Wildman–Crippen MR) is 138 cm³/mol. The van der Waals surface area contributed by atoms with E-state index in [1.807, 2.05) is 6.92 Å². The summed E-state index contributed by atoms with van der Waals surface area (Å²) in [5, 5.41) is 3.68. The van der Waals surface area contributed by atoms with Crippen molar-refractivity contribution in [2.45, 2.75) is 46.2 Å². The number of hydrogen-bond donors (Lipinski definition) is 1. The van der Waals surface area contributed by atoms with Gasteiger partial charge in [0.05, 0.1) is 11.9 Å². The van der Waals surface area contributed by atoms with Gasteiger partial charge < -0.3 is 10.2 Å². The van der Waals surface area contributed by atoms with E-state index in [9.17, 15) is 18.0 Å². The van der Waals surface area contributed by atoms with Crippen LogP contribution in [0.15, 0.2) is 42.5 Å². The summed E-state index contributed by atoms with van der Waals surface area (Å²) in [5.41, 5.74) is 1.50. The fourth-order valence-corrected chi connectivity index (χ4v) is 4.82. The zero-order valence-electron chi connectivity index (χ0n) is 19.8. The minimum absolute atomic E-state index is 0.0582. The Morgan fingerprint density at radius 2 is 1.68 bits per heavy atom. The minimum Gasteiger partial charge on any atom is -0.354 e. The number of rotatable bonds is 11. The first kappa shape index (κ1) is 28.0. The largest absolute Gasteiger partial charge is 0.354 e. The molecule has 0 aliphatic heterocycles. The second kappa shape index (κ2) is 12.4. The van der Waals surface area contributed by atoms with Crippen LogP contribution in [0.25, 0.3) is 0 Å². The Morgan fingerprint density at radius 1 is 1.03 bits per heavy atom. The molecule has 7 nitrogen and oxygen atoms in total. The van der Waals surface area contributed by atoms with E-state index in [-0.39, 0.29) is 12.5 Å². The number of nitrogens with one attached hydrogen (secondary N) is 1. The summed E-state index contributed by atoms with van der Waals surface area (Å²) in [6.07, 6.45) is 2.13. The number of nitrogens with zero attached hydrogens (tertiary/aromatic N) is 2. The fraction of sp³-hybridized carbons (Fsp3) is 0.417. The van der Waals surface area contributed by atoms with Gasteiger partial charge in [-0.3, -0.25) is 13.9 Å². The Kier molecular flexibility index (Phi) is 10.2. The van der Waals surface area contributed by atoms with Crippen LogP contribution >= 0.6 is 23.2 Å². The second-order valence-electron chi connectivity index (χ2n) is 7.98. The molecule has 0 aliphatic rings. The van der Waals surface area contributed by atoms with Gasteiger partial charge in [-0.25, -0.2) is 8.42 Å². The highest BCUT2D eigenvalue weighted by atomic mass is 35.5. The Balaban J connectivity index is 2.48. The minimum atomic E-state index is -3.83. The molecule has 10 heteroatoms. The number of carbonyl (C=O) groups excluding carboxylic acids is 2. The van der Waals surface area contributed by atoms with E-state index < -0.39 is 28.5 Å². The summed E-state index contributed by atoms with van der Waals surface area (Å²) in [6, 6.07) is 11.1. The number of hydrogen-bond acceptors (Lipinski definition) is 4. The average molecular weight is 529 g/mol.